The number of hydrogen-bond donors (Lipinski definition) is 1. The molecule has 1 aromatic rings. The smallest absolute Gasteiger partial charge is 0.324 e. The van der Waals surface area contributed by atoms with Gasteiger partial charge in [0.15, 0.2) is 0 Å². The molecule has 11 heteroatoms. The van der Waals surface area contributed by atoms with E-state index in [0.717, 1.165) is 6.07 Å². The molecule has 1 N–H and O–H groups in total. The number of nitro groups is 1. The summed E-state index contributed by atoms with van der Waals surface area (Å²) in [4.78, 5) is 21.3. The molecule has 1 amide bonds. The monoisotopic (exact) mass is 348 g/mol. The van der Waals surface area contributed by atoms with E-state index in [4.69, 9.17) is 23.2 Å². The van der Waals surface area contributed by atoms with Gasteiger partial charge in [-0.1, -0.05) is 23.2 Å². The van der Waals surface area contributed by atoms with Gasteiger partial charge in [0.05, 0.1) is 27.1 Å². The molecular weight excluding hydrogens is 343 g/mol. The topological polar surface area (TPSA) is 72.2 Å². The van der Waals surface area contributed by atoms with Crippen molar-refractivity contribution < 1.29 is 27.3 Å². The molecule has 1 aromatic carbocycles. The van der Waals surface area contributed by atoms with Gasteiger partial charge in [-0.2, -0.15) is 8.78 Å². The highest BCUT2D eigenvalue weighted by molar-refractivity contribution is 6.44. The molecule has 0 heterocycles. The Morgan fingerprint density at radius 3 is 2.43 bits per heavy atom. The summed E-state index contributed by atoms with van der Waals surface area (Å²) in [6, 6.07) is 1.55. The van der Waals surface area contributed by atoms with Crippen molar-refractivity contribution in [2.75, 3.05) is 6.54 Å². The first-order valence-electron chi connectivity index (χ1n) is 5.14. The zero-order valence-corrected chi connectivity index (χ0v) is 11.4. The second kappa shape index (κ2) is 6.44. The summed E-state index contributed by atoms with van der Waals surface area (Å²) in [6.07, 6.45) is -3.97. The van der Waals surface area contributed by atoms with Crippen LogP contribution in [0.25, 0.3) is 0 Å². The van der Waals surface area contributed by atoms with E-state index in [1.165, 1.54) is 5.32 Å². The number of non-ortho nitro benzene ring substituents is 1. The lowest BCUT2D eigenvalue weighted by molar-refractivity contribution is -0.384. The van der Waals surface area contributed by atoms with Crippen molar-refractivity contribution in [1.29, 1.82) is 0 Å². The molecule has 0 aliphatic rings. The zero-order chi connectivity index (χ0) is 16.4. The standard InChI is InChI=1S/C10H6Cl2F4N2O3/c11-6-2-4(18(20)21)1-5(7(6)12)8(19)17-3-10(15,16)9(13)14/h1-2,9H,3H2,(H,17,19). The molecule has 5 nitrogen and oxygen atoms in total. The number of hydrogen-bond acceptors (Lipinski definition) is 3. The van der Waals surface area contributed by atoms with Gasteiger partial charge in [-0.15, -0.1) is 0 Å². The van der Waals surface area contributed by atoms with Crippen LogP contribution in [-0.2, 0) is 0 Å². The fourth-order valence-corrected chi connectivity index (χ4v) is 1.62. The van der Waals surface area contributed by atoms with Crippen LogP contribution in [0.3, 0.4) is 0 Å². The lowest BCUT2D eigenvalue weighted by Crippen LogP contribution is -2.41. The van der Waals surface area contributed by atoms with E-state index in [1.807, 2.05) is 0 Å². The molecule has 0 saturated carbocycles. The molecule has 0 unspecified atom stereocenters. The van der Waals surface area contributed by atoms with Crippen LogP contribution in [0.4, 0.5) is 23.2 Å². The fourth-order valence-electron chi connectivity index (χ4n) is 1.22. The molecule has 116 valence electrons. The van der Waals surface area contributed by atoms with Crippen LogP contribution in [0, 0.1) is 10.1 Å². The van der Waals surface area contributed by atoms with E-state index in [9.17, 15) is 32.5 Å². The number of carbonyl (C=O) groups excluding carboxylic acids is 1. The average Bonchev–Trinajstić information content (AvgIpc) is 2.38. The molecular formula is C10H6Cl2F4N2O3. The van der Waals surface area contributed by atoms with Gasteiger partial charge in [-0.05, 0) is 0 Å². The first-order valence-corrected chi connectivity index (χ1v) is 5.89. The molecule has 0 aliphatic carbocycles. The number of rotatable bonds is 5. The molecule has 0 aromatic heterocycles. The summed E-state index contributed by atoms with van der Waals surface area (Å²) in [5.74, 6) is -5.72. The molecule has 0 saturated heterocycles. The number of benzene rings is 1. The molecule has 0 spiro atoms. The highest BCUT2D eigenvalue weighted by Crippen LogP contribution is 2.31. The number of halogens is 6. The third kappa shape index (κ3) is 4.18. The number of nitro benzene ring substituents is 1. The summed E-state index contributed by atoms with van der Waals surface area (Å²) in [5, 5.41) is 11.4. The van der Waals surface area contributed by atoms with Crippen molar-refractivity contribution in [3.8, 4) is 0 Å². The molecule has 21 heavy (non-hydrogen) atoms. The van der Waals surface area contributed by atoms with Gasteiger partial charge in [0.25, 0.3) is 11.6 Å². The van der Waals surface area contributed by atoms with Crippen molar-refractivity contribution in [3.05, 3.63) is 37.9 Å². The van der Waals surface area contributed by atoms with Gasteiger partial charge in [0, 0.05) is 12.1 Å². The fraction of sp³-hybridized carbons (Fsp3) is 0.300. The number of nitrogens with one attached hydrogen (secondary N) is 1. The van der Waals surface area contributed by atoms with Crippen molar-refractivity contribution in [2.24, 2.45) is 0 Å². The maximum atomic E-state index is 12.7. The van der Waals surface area contributed by atoms with E-state index in [-0.39, 0.29) is 5.02 Å². The maximum absolute atomic E-state index is 12.7. The van der Waals surface area contributed by atoms with Crippen molar-refractivity contribution >= 4 is 34.8 Å². The summed E-state index contributed by atoms with van der Waals surface area (Å²) in [5.41, 5.74) is -1.17. The lowest BCUT2D eigenvalue weighted by atomic mass is 10.2. The van der Waals surface area contributed by atoms with Crippen LogP contribution in [0.15, 0.2) is 12.1 Å². The Labute approximate surface area is 125 Å². The highest BCUT2D eigenvalue weighted by Gasteiger charge is 2.41. The van der Waals surface area contributed by atoms with Crippen LogP contribution >= 0.6 is 23.2 Å². The first kappa shape index (κ1) is 17.4. The Hall–Kier alpha value is -1.61. The van der Waals surface area contributed by atoms with Crippen LogP contribution in [0.2, 0.25) is 10.0 Å². The number of carbonyl (C=O) groups is 1. The number of nitrogens with zero attached hydrogens (tertiary/aromatic N) is 1. The number of amides is 1. The lowest BCUT2D eigenvalue weighted by Gasteiger charge is -2.16. The zero-order valence-electron chi connectivity index (χ0n) is 9.88. The minimum atomic E-state index is -4.44. The Kier molecular flexibility index (Phi) is 5.35. The van der Waals surface area contributed by atoms with E-state index >= 15 is 0 Å². The molecule has 1 rings (SSSR count). The Balaban J connectivity index is 3.00. The second-order valence-corrected chi connectivity index (χ2v) is 4.58. The van der Waals surface area contributed by atoms with Crippen molar-refractivity contribution in [1.82, 2.24) is 5.32 Å². The summed E-state index contributed by atoms with van der Waals surface area (Å²) < 4.78 is 49.2. The third-order valence-electron chi connectivity index (χ3n) is 2.27. The summed E-state index contributed by atoms with van der Waals surface area (Å²) in [6.45, 7) is -1.65. The minimum absolute atomic E-state index is 0.350. The van der Waals surface area contributed by atoms with Gasteiger partial charge >= 0.3 is 12.3 Å². The molecule has 0 atom stereocenters. The Bertz CT molecular complexity index is 584. The van der Waals surface area contributed by atoms with E-state index in [2.05, 4.69) is 0 Å². The van der Waals surface area contributed by atoms with E-state index < -0.39 is 46.0 Å². The first-order chi connectivity index (χ1) is 9.56. The summed E-state index contributed by atoms with van der Waals surface area (Å²) >= 11 is 11.2. The van der Waals surface area contributed by atoms with E-state index in [0.29, 0.717) is 6.07 Å². The van der Waals surface area contributed by atoms with Crippen molar-refractivity contribution in [3.63, 3.8) is 0 Å². The largest absolute Gasteiger partial charge is 0.346 e. The van der Waals surface area contributed by atoms with E-state index in [1.54, 1.807) is 0 Å². The van der Waals surface area contributed by atoms with Crippen LogP contribution in [0.1, 0.15) is 10.4 Å². The van der Waals surface area contributed by atoms with Gasteiger partial charge in [-0.3, -0.25) is 14.9 Å². The molecule has 0 radical (unpaired) electrons. The maximum Gasteiger partial charge on any atom is 0.324 e. The molecule has 0 aliphatic heterocycles. The Morgan fingerprint density at radius 1 is 1.38 bits per heavy atom. The quantitative estimate of drug-likeness (QED) is 0.502. The van der Waals surface area contributed by atoms with Gasteiger partial charge in [-0.25, -0.2) is 8.78 Å². The van der Waals surface area contributed by atoms with Gasteiger partial charge in [0.1, 0.15) is 0 Å². The SMILES string of the molecule is O=C(NCC(F)(F)C(F)F)c1cc([N+](=O)[O-])cc(Cl)c1Cl. The second-order valence-electron chi connectivity index (χ2n) is 3.79. The van der Waals surface area contributed by atoms with Crippen LogP contribution in [-0.4, -0.2) is 29.7 Å². The minimum Gasteiger partial charge on any atom is -0.346 e. The normalized spacial score (nSPS) is 11.6. The van der Waals surface area contributed by atoms with Gasteiger partial charge in [0.2, 0.25) is 0 Å². The number of alkyl halides is 4. The highest BCUT2D eigenvalue weighted by atomic mass is 35.5. The summed E-state index contributed by atoms with van der Waals surface area (Å²) in [7, 11) is 0. The van der Waals surface area contributed by atoms with Gasteiger partial charge < -0.3 is 5.32 Å². The molecule has 0 fully saturated rings. The predicted molar refractivity (Wildman–Crippen MR) is 66.4 cm³/mol. The van der Waals surface area contributed by atoms with Crippen LogP contribution < -0.4 is 5.32 Å². The molecule has 0 bridgehead atoms. The third-order valence-corrected chi connectivity index (χ3v) is 3.07. The Morgan fingerprint density at radius 2 is 1.95 bits per heavy atom. The predicted octanol–water partition coefficient (Wildman–Crippen LogP) is 3.53. The average molecular weight is 349 g/mol. The van der Waals surface area contributed by atoms with Crippen LogP contribution in [0.5, 0.6) is 0 Å². The van der Waals surface area contributed by atoms with Crippen molar-refractivity contribution in [2.45, 2.75) is 12.3 Å².